The molecule has 124 valence electrons. The molecular weight excluding hydrogens is 309 g/mol. The van der Waals surface area contributed by atoms with Crippen molar-refractivity contribution in [2.24, 2.45) is 5.73 Å². The molecule has 1 saturated heterocycles. The van der Waals surface area contributed by atoms with E-state index in [-0.39, 0.29) is 16.6 Å². The maximum absolute atomic E-state index is 13.0. The molecule has 5 nitrogen and oxygen atoms in total. The van der Waals surface area contributed by atoms with Crippen molar-refractivity contribution in [2.75, 3.05) is 13.6 Å². The lowest BCUT2D eigenvalue weighted by Crippen LogP contribution is -2.36. The highest BCUT2D eigenvalue weighted by molar-refractivity contribution is 6.04. The van der Waals surface area contributed by atoms with Crippen LogP contribution >= 0.6 is 0 Å². The summed E-state index contributed by atoms with van der Waals surface area (Å²) in [6, 6.07) is 1.73. The highest BCUT2D eigenvalue weighted by Crippen LogP contribution is 2.38. The van der Waals surface area contributed by atoms with Gasteiger partial charge in [-0.1, -0.05) is 0 Å². The minimum atomic E-state index is -4.56. The predicted octanol–water partition coefficient (Wildman–Crippen LogP) is 2.62. The lowest BCUT2D eigenvalue weighted by Gasteiger charge is -2.29. The van der Waals surface area contributed by atoms with Crippen LogP contribution in [0.5, 0.6) is 0 Å². The molecule has 1 aromatic heterocycles. The van der Waals surface area contributed by atoms with Crippen LogP contribution in [0.25, 0.3) is 11.0 Å². The summed E-state index contributed by atoms with van der Waals surface area (Å²) in [6.45, 7) is 2.86. The molecule has 1 aliphatic rings. The molecular formula is C15H17F3N4O. The second-order valence-electron chi connectivity index (χ2n) is 6.17. The van der Waals surface area contributed by atoms with Crippen LogP contribution in [-0.2, 0) is 11.7 Å². The zero-order valence-corrected chi connectivity index (χ0v) is 12.8. The van der Waals surface area contributed by atoms with Gasteiger partial charge in [0.15, 0.2) is 0 Å². The Morgan fingerprint density at radius 1 is 1.43 bits per heavy atom. The standard InChI is InChI=1S/C15H17F3N4O/c1-14(4-3-5-22(14)2)13-20-10-7-8(15(16,17)18)6-9(12(19)23)11(10)21-13/h6-7H,3-5H2,1-2H3,(H2,19,23)(H,20,21). The molecule has 1 amide bonds. The number of nitrogens with two attached hydrogens (primary N) is 1. The largest absolute Gasteiger partial charge is 0.416 e. The summed E-state index contributed by atoms with van der Waals surface area (Å²) in [7, 11) is 1.94. The topological polar surface area (TPSA) is 75.0 Å². The number of hydrogen-bond acceptors (Lipinski definition) is 3. The fourth-order valence-electron chi connectivity index (χ4n) is 3.12. The number of primary amides is 1. The third kappa shape index (κ3) is 2.46. The fraction of sp³-hybridized carbons (Fsp3) is 0.467. The molecule has 0 radical (unpaired) electrons. The number of carbonyl (C=O) groups is 1. The van der Waals surface area contributed by atoms with Gasteiger partial charge >= 0.3 is 6.18 Å². The highest BCUT2D eigenvalue weighted by Gasteiger charge is 2.39. The van der Waals surface area contributed by atoms with Crippen molar-refractivity contribution in [3.05, 3.63) is 29.1 Å². The molecule has 0 spiro atoms. The fourth-order valence-corrected chi connectivity index (χ4v) is 3.12. The van der Waals surface area contributed by atoms with Gasteiger partial charge in [0.2, 0.25) is 0 Å². The van der Waals surface area contributed by atoms with E-state index in [1.54, 1.807) is 0 Å². The molecule has 1 atom stereocenters. The van der Waals surface area contributed by atoms with Crippen molar-refractivity contribution in [3.63, 3.8) is 0 Å². The molecule has 1 aliphatic heterocycles. The molecule has 1 aromatic carbocycles. The maximum Gasteiger partial charge on any atom is 0.416 e. The molecule has 1 fully saturated rings. The number of carbonyl (C=O) groups excluding carboxylic acids is 1. The first kappa shape index (κ1) is 15.8. The Bertz CT molecular complexity index is 783. The summed E-state index contributed by atoms with van der Waals surface area (Å²) in [4.78, 5) is 21.0. The van der Waals surface area contributed by atoms with Gasteiger partial charge in [-0.2, -0.15) is 13.2 Å². The first-order valence-electron chi connectivity index (χ1n) is 7.25. The number of rotatable bonds is 2. The number of aromatic amines is 1. The summed E-state index contributed by atoms with van der Waals surface area (Å²) in [5.74, 6) is -0.376. The van der Waals surface area contributed by atoms with E-state index < -0.39 is 23.2 Å². The van der Waals surface area contributed by atoms with Gasteiger partial charge in [0.25, 0.3) is 5.91 Å². The zero-order valence-electron chi connectivity index (χ0n) is 12.8. The minimum Gasteiger partial charge on any atom is -0.366 e. The monoisotopic (exact) mass is 326 g/mol. The Balaban J connectivity index is 2.23. The smallest absolute Gasteiger partial charge is 0.366 e. The van der Waals surface area contributed by atoms with Crippen molar-refractivity contribution >= 4 is 16.9 Å². The van der Waals surface area contributed by atoms with Crippen molar-refractivity contribution in [1.29, 1.82) is 0 Å². The SMILES string of the molecule is CN1CCCC1(C)c1nc2c(C(N)=O)cc(C(F)(F)F)cc2[nH]1. The van der Waals surface area contributed by atoms with Gasteiger partial charge in [0.05, 0.1) is 22.2 Å². The van der Waals surface area contributed by atoms with E-state index in [1.165, 1.54) is 0 Å². The van der Waals surface area contributed by atoms with E-state index in [2.05, 4.69) is 14.9 Å². The van der Waals surface area contributed by atoms with Gasteiger partial charge in [0.1, 0.15) is 11.3 Å². The first-order chi connectivity index (χ1) is 10.6. The van der Waals surface area contributed by atoms with Crippen molar-refractivity contribution < 1.29 is 18.0 Å². The Labute approximate surface area is 130 Å². The number of aromatic nitrogens is 2. The van der Waals surface area contributed by atoms with Crippen molar-refractivity contribution in [3.8, 4) is 0 Å². The van der Waals surface area contributed by atoms with Crippen LogP contribution in [0, 0.1) is 0 Å². The average Bonchev–Trinajstić information content (AvgIpc) is 3.01. The molecule has 3 rings (SSSR count). The number of benzene rings is 1. The number of amides is 1. The second kappa shape index (κ2) is 4.95. The summed E-state index contributed by atoms with van der Waals surface area (Å²) in [6.07, 6.45) is -2.75. The highest BCUT2D eigenvalue weighted by atomic mass is 19.4. The summed E-state index contributed by atoms with van der Waals surface area (Å²) in [5.41, 5.74) is 4.06. The van der Waals surface area contributed by atoms with Gasteiger partial charge in [0, 0.05) is 0 Å². The summed E-state index contributed by atoms with van der Waals surface area (Å²) in [5, 5.41) is 0. The van der Waals surface area contributed by atoms with Crippen molar-refractivity contribution in [2.45, 2.75) is 31.5 Å². The van der Waals surface area contributed by atoms with Crippen molar-refractivity contribution in [1.82, 2.24) is 14.9 Å². The number of nitrogens with one attached hydrogen (secondary N) is 1. The van der Waals surface area contributed by atoms with Gasteiger partial charge in [-0.3, -0.25) is 9.69 Å². The molecule has 2 heterocycles. The minimum absolute atomic E-state index is 0.171. The Kier molecular flexibility index (Phi) is 3.40. The van der Waals surface area contributed by atoms with Gasteiger partial charge in [-0.05, 0) is 45.5 Å². The van der Waals surface area contributed by atoms with E-state index in [0.717, 1.165) is 31.5 Å². The molecule has 0 bridgehead atoms. The Morgan fingerprint density at radius 2 is 2.13 bits per heavy atom. The molecule has 0 saturated carbocycles. The van der Waals surface area contributed by atoms with E-state index in [9.17, 15) is 18.0 Å². The number of alkyl halides is 3. The number of fused-ring (bicyclic) bond motifs is 1. The second-order valence-corrected chi connectivity index (χ2v) is 6.17. The van der Waals surface area contributed by atoms with E-state index >= 15 is 0 Å². The van der Waals surface area contributed by atoms with Gasteiger partial charge in [-0.25, -0.2) is 4.98 Å². The van der Waals surface area contributed by atoms with Crippen LogP contribution in [0.3, 0.4) is 0 Å². The quantitative estimate of drug-likeness (QED) is 0.891. The number of hydrogen-bond donors (Lipinski definition) is 2. The maximum atomic E-state index is 13.0. The Hall–Kier alpha value is -2.09. The van der Waals surface area contributed by atoms with E-state index in [4.69, 9.17) is 5.73 Å². The average molecular weight is 326 g/mol. The molecule has 3 N–H and O–H groups in total. The number of nitrogens with zero attached hydrogens (tertiary/aromatic N) is 2. The van der Waals surface area contributed by atoms with Crippen LogP contribution in [0.15, 0.2) is 12.1 Å². The van der Waals surface area contributed by atoms with Crippen LogP contribution < -0.4 is 5.73 Å². The van der Waals surface area contributed by atoms with Crippen LogP contribution in [0.1, 0.15) is 41.5 Å². The predicted molar refractivity (Wildman–Crippen MR) is 78.8 cm³/mol. The van der Waals surface area contributed by atoms with E-state index in [1.807, 2.05) is 14.0 Å². The third-order valence-electron chi connectivity index (χ3n) is 4.69. The van der Waals surface area contributed by atoms with Crippen LogP contribution in [0.2, 0.25) is 0 Å². The first-order valence-corrected chi connectivity index (χ1v) is 7.25. The Morgan fingerprint density at radius 3 is 2.65 bits per heavy atom. The van der Waals surface area contributed by atoms with Gasteiger partial charge < -0.3 is 10.7 Å². The lowest BCUT2D eigenvalue weighted by molar-refractivity contribution is -0.137. The number of H-pyrrole nitrogens is 1. The molecule has 1 unspecified atom stereocenters. The molecule has 2 aromatic rings. The number of likely N-dealkylation sites (tertiary alicyclic amines) is 1. The third-order valence-corrected chi connectivity index (χ3v) is 4.69. The molecule has 8 heteroatoms. The van der Waals surface area contributed by atoms with Crippen LogP contribution in [-0.4, -0.2) is 34.4 Å². The van der Waals surface area contributed by atoms with Crippen LogP contribution in [0.4, 0.5) is 13.2 Å². The van der Waals surface area contributed by atoms with Gasteiger partial charge in [-0.15, -0.1) is 0 Å². The molecule has 0 aliphatic carbocycles. The number of imidazole rings is 1. The molecule has 23 heavy (non-hydrogen) atoms. The lowest BCUT2D eigenvalue weighted by atomic mass is 9.98. The summed E-state index contributed by atoms with van der Waals surface area (Å²) < 4.78 is 39.0. The summed E-state index contributed by atoms with van der Waals surface area (Å²) >= 11 is 0. The zero-order chi connectivity index (χ0) is 17.0. The normalized spacial score (nSPS) is 22.8. The van der Waals surface area contributed by atoms with E-state index in [0.29, 0.717) is 5.82 Å². The number of halogens is 3.